The maximum absolute atomic E-state index is 12.7. The molecule has 25 heavy (non-hydrogen) atoms. The SMILES string of the molecule is Cc1ccc2c(c1)SC(C(=O)NCC(c1cccs1)N1CCCC1)C2. The summed E-state index contributed by atoms with van der Waals surface area (Å²) in [6.07, 6.45) is 3.38. The fourth-order valence-corrected chi connectivity index (χ4v) is 5.91. The quantitative estimate of drug-likeness (QED) is 0.860. The second kappa shape index (κ2) is 7.52. The molecule has 1 saturated heterocycles. The van der Waals surface area contributed by atoms with E-state index < -0.39 is 0 Å². The first-order chi connectivity index (χ1) is 12.2. The van der Waals surface area contributed by atoms with E-state index in [1.54, 1.807) is 23.1 Å². The number of fused-ring (bicyclic) bond motifs is 1. The predicted octanol–water partition coefficient (Wildman–Crippen LogP) is 4.03. The van der Waals surface area contributed by atoms with Crippen LogP contribution in [0.4, 0.5) is 0 Å². The zero-order valence-corrected chi connectivity index (χ0v) is 16.2. The molecule has 3 heterocycles. The van der Waals surface area contributed by atoms with Gasteiger partial charge in [0, 0.05) is 16.3 Å². The molecule has 1 aromatic heterocycles. The molecule has 3 nitrogen and oxygen atoms in total. The van der Waals surface area contributed by atoms with Gasteiger partial charge in [0.2, 0.25) is 5.91 Å². The van der Waals surface area contributed by atoms with Crippen molar-refractivity contribution in [2.24, 2.45) is 0 Å². The summed E-state index contributed by atoms with van der Waals surface area (Å²) in [6, 6.07) is 11.1. The average molecular weight is 373 g/mol. The molecule has 0 radical (unpaired) electrons. The van der Waals surface area contributed by atoms with Gasteiger partial charge in [-0.1, -0.05) is 23.8 Å². The molecular formula is C20H24N2OS2. The topological polar surface area (TPSA) is 32.3 Å². The molecule has 1 fully saturated rings. The van der Waals surface area contributed by atoms with Gasteiger partial charge >= 0.3 is 0 Å². The maximum Gasteiger partial charge on any atom is 0.233 e. The maximum atomic E-state index is 12.7. The Kier molecular flexibility index (Phi) is 5.15. The Morgan fingerprint density at radius 2 is 2.16 bits per heavy atom. The number of hydrogen-bond acceptors (Lipinski definition) is 4. The fourth-order valence-electron chi connectivity index (χ4n) is 3.74. The van der Waals surface area contributed by atoms with E-state index in [0.29, 0.717) is 12.6 Å². The zero-order chi connectivity index (χ0) is 17.2. The van der Waals surface area contributed by atoms with Gasteiger partial charge in [0.1, 0.15) is 0 Å². The van der Waals surface area contributed by atoms with Crippen molar-refractivity contribution in [1.29, 1.82) is 0 Å². The zero-order valence-electron chi connectivity index (χ0n) is 14.5. The molecule has 4 rings (SSSR count). The summed E-state index contributed by atoms with van der Waals surface area (Å²) in [7, 11) is 0. The van der Waals surface area contributed by atoms with Crippen molar-refractivity contribution in [1.82, 2.24) is 10.2 Å². The van der Waals surface area contributed by atoms with Gasteiger partial charge in [-0.3, -0.25) is 9.69 Å². The van der Waals surface area contributed by atoms with E-state index in [0.717, 1.165) is 19.5 Å². The van der Waals surface area contributed by atoms with Gasteiger partial charge in [0.15, 0.2) is 0 Å². The number of benzene rings is 1. The van der Waals surface area contributed by atoms with Gasteiger partial charge in [-0.25, -0.2) is 0 Å². The van der Waals surface area contributed by atoms with Crippen LogP contribution in [0.15, 0.2) is 40.6 Å². The molecule has 2 aliphatic rings. The summed E-state index contributed by atoms with van der Waals surface area (Å²) in [6.45, 7) is 5.10. The minimum absolute atomic E-state index is 0.0133. The van der Waals surface area contributed by atoms with E-state index in [4.69, 9.17) is 0 Å². The highest BCUT2D eigenvalue weighted by Crippen LogP contribution is 2.37. The van der Waals surface area contributed by atoms with Gasteiger partial charge in [-0.2, -0.15) is 0 Å². The van der Waals surface area contributed by atoms with Crippen molar-refractivity contribution >= 4 is 29.0 Å². The average Bonchev–Trinajstić information content (AvgIpc) is 3.36. The van der Waals surface area contributed by atoms with Crippen LogP contribution in [0.1, 0.15) is 34.9 Å². The highest BCUT2D eigenvalue weighted by atomic mass is 32.2. The third-order valence-electron chi connectivity index (χ3n) is 5.11. The van der Waals surface area contributed by atoms with Gasteiger partial charge in [0.25, 0.3) is 0 Å². The van der Waals surface area contributed by atoms with Gasteiger partial charge in [0.05, 0.1) is 11.3 Å². The lowest BCUT2D eigenvalue weighted by Gasteiger charge is -2.27. The minimum atomic E-state index is 0.0133. The third-order valence-corrected chi connectivity index (χ3v) is 7.39. The van der Waals surface area contributed by atoms with Crippen molar-refractivity contribution in [3.8, 4) is 0 Å². The first-order valence-electron chi connectivity index (χ1n) is 9.02. The smallest absolute Gasteiger partial charge is 0.233 e. The number of nitrogens with zero attached hydrogens (tertiary/aromatic N) is 1. The van der Waals surface area contributed by atoms with Crippen LogP contribution in [0.2, 0.25) is 0 Å². The van der Waals surface area contributed by atoms with Crippen molar-refractivity contribution < 1.29 is 4.79 Å². The van der Waals surface area contributed by atoms with Crippen LogP contribution in [0.3, 0.4) is 0 Å². The molecule has 1 amide bonds. The van der Waals surface area contributed by atoms with Crippen molar-refractivity contribution in [3.05, 3.63) is 51.7 Å². The summed E-state index contributed by atoms with van der Waals surface area (Å²) in [5.41, 5.74) is 2.57. The summed E-state index contributed by atoms with van der Waals surface area (Å²) in [4.78, 5) is 17.9. The van der Waals surface area contributed by atoms with Crippen LogP contribution in [0, 0.1) is 6.92 Å². The molecule has 2 unspecified atom stereocenters. The number of thiophene rings is 1. The highest BCUT2D eigenvalue weighted by Gasteiger charge is 2.30. The van der Waals surface area contributed by atoms with E-state index in [1.807, 2.05) is 0 Å². The predicted molar refractivity (Wildman–Crippen MR) is 105 cm³/mol. The summed E-state index contributed by atoms with van der Waals surface area (Å²) < 4.78 is 0. The van der Waals surface area contributed by atoms with Crippen LogP contribution in [-0.4, -0.2) is 35.7 Å². The van der Waals surface area contributed by atoms with E-state index in [2.05, 4.69) is 52.9 Å². The Hall–Kier alpha value is -1.30. The number of amides is 1. The molecule has 5 heteroatoms. The molecule has 132 valence electrons. The number of rotatable bonds is 5. The van der Waals surface area contributed by atoms with Crippen LogP contribution in [0.25, 0.3) is 0 Å². The van der Waals surface area contributed by atoms with Gasteiger partial charge in [-0.05, 0) is 62.4 Å². The number of hydrogen-bond donors (Lipinski definition) is 1. The van der Waals surface area contributed by atoms with Crippen LogP contribution in [-0.2, 0) is 11.2 Å². The van der Waals surface area contributed by atoms with Crippen LogP contribution < -0.4 is 5.32 Å². The number of carbonyl (C=O) groups excluding carboxylic acids is 1. The van der Waals surface area contributed by atoms with E-state index in [9.17, 15) is 4.79 Å². The number of aryl methyl sites for hydroxylation is 1. The Labute approximate surface area is 157 Å². The molecule has 0 aliphatic carbocycles. The highest BCUT2D eigenvalue weighted by molar-refractivity contribution is 8.01. The fraction of sp³-hybridized carbons (Fsp3) is 0.450. The Balaban J connectivity index is 1.39. The summed E-state index contributed by atoms with van der Waals surface area (Å²) in [5, 5.41) is 5.39. The molecule has 1 aromatic carbocycles. The Bertz CT molecular complexity index is 738. The molecular weight excluding hydrogens is 348 g/mol. The molecule has 2 aliphatic heterocycles. The first kappa shape index (κ1) is 17.1. The summed E-state index contributed by atoms with van der Waals surface area (Å²) >= 11 is 3.51. The molecule has 2 aromatic rings. The van der Waals surface area contributed by atoms with E-state index in [1.165, 1.54) is 33.7 Å². The largest absolute Gasteiger partial charge is 0.353 e. The molecule has 0 spiro atoms. The summed E-state index contributed by atoms with van der Waals surface area (Å²) in [5.74, 6) is 0.180. The van der Waals surface area contributed by atoms with Crippen molar-refractivity contribution in [2.45, 2.75) is 42.4 Å². The van der Waals surface area contributed by atoms with Gasteiger partial charge in [-0.15, -0.1) is 23.1 Å². The lowest BCUT2D eigenvalue weighted by Crippen LogP contribution is -2.39. The number of carbonyl (C=O) groups is 1. The molecule has 2 atom stereocenters. The van der Waals surface area contributed by atoms with Crippen molar-refractivity contribution in [3.63, 3.8) is 0 Å². The monoisotopic (exact) mass is 372 g/mol. The minimum Gasteiger partial charge on any atom is -0.353 e. The molecule has 0 saturated carbocycles. The second-order valence-corrected chi connectivity index (χ2v) is 9.17. The number of thioether (sulfide) groups is 1. The lowest BCUT2D eigenvalue weighted by molar-refractivity contribution is -0.120. The Morgan fingerprint density at radius 3 is 2.92 bits per heavy atom. The molecule has 0 bridgehead atoms. The Morgan fingerprint density at radius 1 is 1.32 bits per heavy atom. The van der Waals surface area contributed by atoms with Crippen LogP contribution in [0.5, 0.6) is 0 Å². The standard InChI is InChI=1S/C20H24N2OS2/c1-14-6-7-15-12-19(25-18(15)11-14)20(23)21-13-16(17-5-4-10-24-17)22-8-2-3-9-22/h4-7,10-11,16,19H,2-3,8-9,12-13H2,1H3,(H,21,23). The van der Waals surface area contributed by atoms with E-state index in [-0.39, 0.29) is 11.2 Å². The normalized spacial score (nSPS) is 21.2. The lowest BCUT2D eigenvalue weighted by atomic mass is 10.1. The van der Waals surface area contributed by atoms with Crippen molar-refractivity contribution in [2.75, 3.05) is 19.6 Å². The van der Waals surface area contributed by atoms with E-state index >= 15 is 0 Å². The van der Waals surface area contributed by atoms with Gasteiger partial charge < -0.3 is 5.32 Å². The second-order valence-electron chi connectivity index (χ2n) is 6.94. The number of likely N-dealkylation sites (tertiary alicyclic amines) is 1. The number of nitrogens with one attached hydrogen (secondary N) is 1. The first-order valence-corrected chi connectivity index (χ1v) is 10.8. The third kappa shape index (κ3) is 3.78. The molecule has 1 N–H and O–H groups in total. The van der Waals surface area contributed by atoms with Crippen LogP contribution >= 0.6 is 23.1 Å².